The molecule has 7 aromatic rings. The molecule has 0 saturated carbocycles. The number of benzene rings is 3. The van der Waals surface area contributed by atoms with Crippen molar-refractivity contribution in [1.82, 2.24) is 34.5 Å². The van der Waals surface area contributed by atoms with Crippen LogP contribution in [0.5, 0.6) is 0 Å². The van der Waals surface area contributed by atoms with E-state index in [9.17, 15) is 12.8 Å². The van der Waals surface area contributed by atoms with Crippen LogP contribution in [0.2, 0.25) is 0 Å². The zero-order chi connectivity index (χ0) is 29.3. The van der Waals surface area contributed by atoms with Crippen LogP contribution in [0.15, 0.2) is 76.3 Å². The van der Waals surface area contributed by atoms with E-state index >= 15 is 0 Å². The van der Waals surface area contributed by atoms with E-state index in [-0.39, 0.29) is 16.7 Å². The summed E-state index contributed by atoms with van der Waals surface area (Å²) in [5.74, 6) is -0.221. The number of nitrogens with two attached hydrogens (primary N) is 2. The Balaban J connectivity index is 1.43. The molecule has 0 amide bonds. The summed E-state index contributed by atoms with van der Waals surface area (Å²) in [7, 11) is -3.48. The molecule has 0 spiro atoms. The average Bonchev–Trinajstić information content (AvgIpc) is 3.64. The summed E-state index contributed by atoms with van der Waals surface area (Å²) in [6, 6.07) is 15.6. The molecular formula is C28H22FN9O3S. The zero-order valence-electron chi connectivity index (χ0n) is 22.2. The lowest BCUT2D eigenvalue weighted by atomic mass is 10.1. The number of halogens is 1. The van der Waals surface area contributed by atoms with Crippen molar-refractivity contribution in [2.75, 3.05) is 17.7 Å². The summed E-state index contributed by atoms with van der Waals surface area (Å²) in [6.07, 6.45) is 2.49. The topological polar surface area (TPSA) is 174 Å². The summed E-state index contributed by atoms with van der Waals surface area (Å²) in [5, 5.41) is 10.9. The number of rotatable bonds is 5. The van der Waals surface area contributed by atoms with Gasteiger partial charge in [0.05, 0.1) is 33.2 Å². The van der Waals surface area contributed by atoms with E-state index < -0.39 is 21.7 Å². The summed E-state index contributed by atoms with van der Waals surface area (Å²) >= 11 is 0. The zero-order valence-corrected chi connectivity index (χ0v) is 23.0. The van der Waals surface area contributed by atoms with Crippen molar-refractivity contribution in [2.24, 2.45) is 0 Å². The predicted octanol–water partition coefficient (Wildman–Crippen LogP) is 4.29. The monoisotopic (exact) mass is 583 g/mol. The van der Waals surface area contributed by atoms with Gasteiger partial charge in [-0.1, -0.05) is 6.07 Å². The van der Waals surface area contributed by atoms with Crippen molar-refractivity contribution in [2.45, 2.75) is 17.9 Å². The SMILES string of the molecule is CC(c1nn(-c2cccc(S(C)(=O)=O)c2)c2cc(F)ccc12)n1nc(-c2ccc3oc(N)nc3c2)c2c(N)ncnc21. The molecule has 14 heteroatoms. The highest BCUT2D eigenvalue weighted by molar-refractivity contribution is 7.90. The van der Waals surface area contributed by atoms with Gasteiger partial charge in [-0.3, -0.25) is 0 Å². The van der Waals surface area contributed by atoms with Crippen LogP contribution in [0.4, 0.5) is 16.2 Å². The molecule has 0 fully saturated rings. The second-order valence-electron chi connectivity index (χ2n) is 9.89. The Morgan fingerprint density at radius 3 is 2.64 bits per heavy atom. The van der Waals surface area contributed by atoms with Crippen molar-refractivity contribution in [3.63, 3.8) is 0 Å². The van der Waals surface area contributed by atoms with Crippen LogP contribution < -0.4 is 11.5 Å². The molecule has 0 saturated heterocycles. The normalized spacial score (nSPS) is 12.9. The second kappa shape index (κ2) is 9.07. The molecule has 0 aliphatic rings. The first-order valence-corrected chi connectivity index (χ1v) is 14.6. The van der Waals surface area contributed by atoms with Crippen LogP contribution >= 0.6 is 0 Å². The van der Waals surface area contributed by atoms with Crippen molar-refractivity contribution >= 4 is 54.7 Å². The van der Waals surface area contributed by atoms with Crippen LogP contribution in [-0.4, -0.2) is 49.2 Å². The third-order valence-electron chi connectivity index (χ3n) is 7.12. The lowest BCUT2D eigenvalue weighted by Gasteiger charge is -2.11. The molecule has 1 unspecified atom stereocenters. The highest BCUT2D eigenvalue weighted by Crippen LogP contribution is 2.36. The maximum atomic E-state index is 14.5. The first-order valence-electron chi connectivity index (χ1n) is 12.7. The van der Waals surface area contributed by atoms with Gasteiger partial charge in [0, 0.05) is 23.3 Å². The van der Waals surface area contributed by atoms with Gasteiger partial charge < -0.3 is 15.9 Å². The molecule has 12 nitrogen and oxygen atoms in total. The van der Waals surface area contributed by atoms with Crippen LogP contribution in [-0.2, 0) is 9.84 Å². The summed E-state index contributed by atoms with van der Waals surface area (Å²) in [5.41, 5.74) is 16.3. The van der Waals surface area contributed by atoms with E-state index in [4.69, 9.17) is 26.1 Å². The Morgan fingerprint density at radius 1 is 1.00 bits per heavy atom. The molecule has 0 aliphatic carbocycles. The standard InChI is InChI=1S/C28H22FN9O3S/c1-14(24-19-8-7-16(29)11-21(19)38(35-24)17-4-3-5-18(12-17)42(2,39)40)37-27-23(26(30)32-13-33-27)25(36-37)15-6-9-22-20(10-15)34-28(31)41-22/h3-14H,1-2H3,(H2,31,34)(H2,30,32,33). The Morgan fingerprint density at radius 2 is 1.83 bits per heavy atom. The van der Waals surface area contributed by atoms with Gasteiger partial charge in [-0.25, -0.2) is 32.1 Å². The molecule has 0 radical (unpaired) electrons. The first kappa shape index (κ1) is 25.6. The number of nitrogens with zero attached hydrogens (tertiary/aromatic N) is 7. The maximum absolute atomic E-state index is 14.5. The van der Waals surface area contributed by atoms with Crippen molar-refractivity contribution < 1.29 is 17.2 Å². The number of nitrogen functional groups attached to an aromatic ring is 2. The van der Waals surface area contributed by atoms with Gasteiger partial charge in [0.15, 0.2) is 21.1 Å². The fourth-order valence-electron chi connectivity index (χ4n) is 5.14. The lowest BCUT2D eigenvalue weighted by molar-refractivity contribution is 0.564. The van der Waals surface area contributed by atoms with Crippen LogP contribution in [0, 0.1) is 5.82 Å². The Labute approximate surface area is 237 Å². The van der Waals surface area contributed by atoms with E-state index in [1.807, 2.05) is 13.0 Å². The van der Waals surface area contributed by atoms with Crippen molar-refractivity contribution in [3.8, 4) is 16.9 Å². The molecular weight excluding hydrogens is 561 g/mol. The quantitative estimate of drug-likeness (QED) is 0.297. The van der Waals surface area contributed by atoms with Gasteiger partial charge in [0.2, 0.25) is 0 Å². The third-order valence-corrected chi connectivity index (χ3v) is 8.23. The Bertz CT molecular complexity index is 2310. The van der Waals surface area contributed by atoms with Gasteiger partial charge in [0.25, 0.3) is 6.01 Å². The van der Waals surface area contributed by atoms with Gasteiger partial charge in [0.1, 0.15) is 29.2 Å². The van der Waals surface area contributed by atoms with Crippen LogP contribution in [0.3, 0.4) is 0 Å². The molecule has 7 rings (SSSR count). The summed E-state index contributed by atoms with van der Waals surface area (Å²) in [6.45, 7) is 1.89. The number of anilines is 2. The molecule has 4 heterocycles. The number of hydrogen-bond acceptors (Lipinski definition) is 10. The number of hydrogen-bond donors (Lipinski definition) is 2. The third kappa shape index (κ3) is 4.03. The minimum absolute atomic E-state index is 0.0509. The van der Waals surface area contributed by atoms with E-state index in [2.05, 4.69) is 15.0 Å². The number of oxazole rings is 1. The Hall–Kier alpha value is -5.37. The molecule has 210 valence electrons. The highest BCUT2D eigenvalue weighted by atomic mass is 32.2. The minimum atomic E-state index is -3.48. The molecule has 42 heavy (non-hydrogen) atoms. The summed E-state index contributed by atoms with van der Waals surface area (Å²) < 4.78 is 47.6. The highest BCUT2D eigenvalue weighted by Gasteiger charge is 2.26. The van der Waals surface area contributed by atoms with Gasteiger partial charge in [-0.2, -0.15) is 15.2 Å². The van der Waals surface area contributed by atoms with Gasteiger partial charge >= 0.3 is 0 Å². The second-order valence-corrected chi connectivity index (χ2v) is 11.9. The minimum Gasteiger partial charge on any atom is -0.424 e. The molecule has 1 atom stereocenters. The predicted molar refractivity (Wildman–Crippen MR) is 155 cm³/mol. The fourth-order valence-corrected chi connectivity index (χ4v) is 5.80. The van der Waals surface area contributed by atoms with Gasteiger partial charge in [-0.15, -0.1) is 0 Å². The molecule has 3 aromatic carbocycles. The maximum Gasteiger partial charge on any atom is 0.292 e. The van der Waals surface area contributed by atoms with Crippen LogP contribution in [0.25, 0.3) is 50.0 Å². The Kier molecular flexibility index (Phi) is 5.53. The van der Waals surface area contributed by atoms with E-state index in [0.29, 0.717) is 55.7 Å². The van der Waals surface area contributed by atoms with Gasteiger partial charge in [-0.05, 0) is 55.5 Å². The fraction of sp³-hybridized carbons (Fsp3) is 0.107. The smallest absolute Gasteiger partial charge is 0.292 e. The average molecular weight is 584 g/mol. The van der Waals surface area contributed by atoms with Crippen LogP contribution in [0.1, 0.15) is 18.7 Å². The molecule has 4 aromatic heterocycles. The number of sulfone groups is 1. The number of aromatic nitrogens is 7. The largest absolute Gasteiger partial charge is 0.424 e. The van der Waals surface area contributed by atoms with Crippen molar-refractivity contribution in [1.29, 1.82) is 0 Å². The molecule has 4 N–H and O–H groups in total. The lowest BCUT2D eigenvalue weighted by Crippen LogP contribution is -2.11. The van der Waals surface area contributed by atoms with Crippen molar-refractivity contribution in [3.05, 3.63) is 78.5 Å². The van der Waals surface area contributed by atoms with E-state index in [0.717, 1.165) is 6.26 Å². The van der Waals surface area contributed by atoms with E-state index in [1.165, 1.54) is 35.3 Å². The number of fused-ring (bicyclic) bond motifs is 3. The first-order chi connectivity index (χ1) is 20.1. The molecule has 0 bridgehead atoms. The van der Waals surface area contributed by atoms with E-state index in [1.54, 1.807) is 35.0 Å². The molecule has 0 aliphatic heterocycles. The summed E-state index contributed by atoms with van der Waals surface area (Å²) in [4.78, 5) is 13.0.